The Bertz CT molecular complexity index is 393. The molecule has 1 amide bonds. The molecule has 4 unspecified atom stereocenters. The van der Waals surface area contributed by atoms with Crippen LogP contribution in [0.1, 0.15) is 47.0 Å². The van der Waals surface area contributed by atoms with Crippen LogP contribution in [-0.4, -0.2) is 34.5 Å². The van der Waals surface area contributed by atoms with Crippen LogP contribution in [0.3, 0.4) is 0 Å². The highest BCUT2D eigenvalue weighted by molar-refractivity contribution is 5.93. The summed E-state index contributed by atoms with van der Waals surface area (Å²) in [5, 5.41) is 9.44. The van der Waals surface area contributed by atoms with E-state index in [1.807, 2.05) is 18.7 Å². The lowest BCUT2D eigenvalue weighted by atomic mass is 9.88. The zero-order valence-corrected chi connectivity index (χ0v) is 12.3. The fourth-order valence-electron chi connectivity index (χ4n) is 3.55. The molecule has 19 heavy (non-hydrogen) atoms. The van der Waals surface area contributed by atoms with Crippen molar-refractivity contribution in [3.8, 4) is 0 Å². The van der Waals surface area contributed by atoms with E-state index >= 15 is 0 Å². The van der Waals surface area contributed by atoms with E-state index in [9.17, 15) is 14.7 Å². The van der Waals surface area contributed by atoms with Crippen LogP contribution < -0.4 is 0 Å². The highest BCUT2D eigenvalue weighted by Gasteiger charge is 2.66. The molecule has 0 spiro atoms. The minimum absolute atomic E-state index is 0.0106. The Labute approximate surface area is 115 Å². The van der Waals surface area contributed by atoms with Gasteiger partial charge in [-0.05, 0) is 38.0 Å². The highest BCUT2D eigenvalue weighted by atomic mass is 16.4. The van der Waals surface area contributed by atoms with Crippen molar-refractivity contribution >= 4 is 11.9 Å². The van der Waals surface area contributed by atoms with E-state index in [-0.39, 0.29) is 23.8 Å². The Balaban J connectivity index is 2.12. The van der Waals surface area contributed by atoms with Gasteiger partial charge in [0.1, 0.15) is 0 Å². The maximum atomic E-state index is 12.6. The summed E-state index contributed by atoms with van der Waals surface area (Å²) >= 11 is 0. The highest BCUT2D eigenvalue weighted by Crippen LogP contribution is 2.59. The lowest BCUT2D eigenvalue weighted by molar-refractivity contribution is -0.150. The van der Waals surface area contributed by atoms with E-state index in [1.54, 1.807) is 0 Å². The summed E-state index contributed by atoms with van der Waals surface area (Å²) in [5.74, 6) is -0.530. The van der Waals surface area contributed by atoms with Crippen molar-refractivity contribution in [2.45, 2.75) is 53.0 Å². The van der Waals surface area contributed by atoms with Gasteiger partial charge in [0.25, 0.3) is 0 Å². The fourth-order valence-corrected chi connectivity index (χ4v) is 3.55. The van der Waals surface area contributed by atoms with E-state index in [4.69, 9.17) is 0 Å². The molecular weight excluding hydrogens is 242 g/mol. The molecule has 1 aliphatic heterocycles. The predicted molar refractivity (Wildman–Crippen MR) is 72.6 cm³/mol. The van der Waals surface area contributed by atoms with Crippen LogP contribution in [0.25, 0.3) is 0 Å². The molecule has 1 heterocycles. The second kappa shape index (κ2) is 4.80. The minimum Gasteiger partial charge on any atom is -0.481 e. The first-order chi connectivity index (χ1) is 8.82. The second-order valence-electron chi connectivity index (χ2n) is 6.65. The Hall–Kier alpha value is -1.06. The van der Waals surface area contributed by atoms with Gasteiger partial charge in [0.2, 0.25) is 5.91 Å². The van der Waals surface area contributed by atoms with Gasteiger partial charge in [-0.1, -0.05) is 20.8 Å². The van der Waals surface area contributed by atoms with Crippen molar-refractivity contribution in [3.63, 3.8) is 0 Å². The number of carboxylic acids is 1. The van der Waals surface area contributed by atoms with E-state index in [2.05, 4.69) is 13.8 Å². The van der Waals surface area contributed by atoms with Gasteiger partial charge in [-0.15, -0.1) is 0 Å². The third-order valence-corrected chi connectivity index (χ3v) is 5.39. The summed E-state index contributed by atoms with van der Waals surface area (Å²) in [5.41, 5.74) is -0.808. The molecule has 4 heteroatoms. The van der Waals surface area contributed by atoms with Crippen LogP contribution >= 0.6 is 0 Å². The number of carboxylic acid groups (broad SMARTS) is 1. The molecule has 1 N–H and O–H groups in total. The zero-order chi connectivity index (χ0) is 14.4. The number of hydrogen-bond acceptors (Lipinski definition) is 2. The molecular formula is C15H25NO3. The first-order valence-electron chi connectivity index (χ1n) is 7.36. The smallest absolute Gasteiger partial charge is 0.310 e. The molecule has 108 valence electrons. The van der Waals surface area contributed by atoms with Gasteiger partial charge in [0, 0.05) is 12.6 Å². The average Bonchev–Trinajstić information content (AvgIpc) is 3.08. The molecule has 0 radical (unpaired) electrons. The number of hydrogen-bond donors (Lipinski definition) is 1. The number of carbonyl (C=O) groups is 2. The maximum Gasteiger partial charge on any atom is 0.310 e. The number of carbonyl (C=O) groups excluding carboxylic acids is 1. The minimum atomic E-state index is -0.808. The number of nitrogens with zero attached hydrogens (tertiary/aromatic N) is 1. The summed E-state index contributed by atoms with van der Waals surface area (Å²) < 4.78 is 0. The first kappa shape index (κ1) is 14.4. The van der Waals surface area contributed by atoms with Gasteiger partial charge in [0.15, 0.2) is 0 Å². The summed E-state index contributed by atoms with van der Waals surface area (Å²) in [4.78, 5) is 26.0. The molecule has 2 fully saturated rings. The van der Waals surface area contributed by atoms with Crippen LogP contribution in [0.5, 0.6) is 0 Å². The summed E-state index contributed by atoms with van der Waals surface area (Å²) in [7, 11) is 0. The van der Waals surface area contributed by atoms with Gasteiger partial charge in [-0.2, -0.15) is 0 Å². The normalized spacial score (nSPS) is 38.4. The number of piperidine rings is 1. The lowest BCUT2D eigenvalue weighted by Gasteiger charge is -2.38. The maximum absolute atomic E-state index is 12.6. The molecule has 4 nitrogen and oxygen atoms in total. The van der Waals surface area contributed by atoms with Gasteiger partial charge < -0.3 is 10.0 Å². The van der Waals surface area contributed by atoms with Gasteiger partial charge in [0.05, 0.1) is 11.3 Å². The van der Waals surface area contributed by atoms with E-state index in [0.29, 0.717) is 12.3 Å². The third kappa shape index (κ3) is 2.15. The molecule has 1 saturated carbocycles. The number of aliphatic carboxylic acids is 1. The van der Waals surface area contributed by atoms with Gasteiger partial charge in [-0.25, -0.2) is 0 Å². The van der Waals surface area contributed by atoms with E-state index in [0.717, 1.165) is 19.4 Å². The number of rotatable bonds is 3. The molecule has 1 aliphatic carbocycles. The predicted octanol–water partition coefficient (Wildman–Crippen LogP) is 2.38. The standard InChI is InChI=1S/C15H25NO3/c1-9(2)15(14(18)19)8-12(15)13(17)16-7-5-6-10(3)11(16)4/h9-12H,5-8H2,1-4H3,(H,18,19). The van der Waals surface area contributed by atoms with Crippen LogP contribution in [0.15, 0.2) is 0 Å². The Morgan fingerprint density at radius 2 is 1.95 bits per heavy atom. The number of likely N-dealkylation sites (tertiary alicyclic amines) is 1. The SMILES string of the molecule is CC1CCCN(C(=O)C2CC2(C(=O)O)C(C)C)C1C. The molecule has 4 atom stereocenters. The quantitative estimate of drug-likeness (QED) is 0.854. The van der Waals surface area contributed by atoms with Crippen molar-refractivity contribution in [2.24, 2.45) is 23.2 Å². The van der Waals surface area contributed by atoms with E-state index in [1.165, 1.54) is 0 Å². The van der Waals surface area contributed by atoms with Crippen molar-refractivity contribution in [1.82, 2.24) is 4.90 Å². The molecule has 0 bridgehead atoms. The summed E-state index contributed by atoms with van der Waals surface area (Å²) in [6, 6.07) is 0.237. The first-order valence-corrected chi connectivity index (χ1v) is 7.36. The molecule has 0 aromatic heterocycles. The Morgan fingerprint density at radius 3 is 2.42 bits per heavy atom. The molecule has 0 aromatic carbocycles. The van der Waals surface area contributed by atoms with Crippen molar-refractivity contribution in [3.05, 3.63) is 0 Å². The van der Waals surface area contributed by atoms with Crippen LogP contribution in [0, 0.1) is 23.2 Å². The van der Waals surface area contributed by atoms with Crippen molar-refractivity contribution in [1.29, 1.82) is 0 Å². The summed E-state index contributed by atoms with van der Waals surface area (Å²) in [6.45, 7) is 8.85. The van der Waals surface area contributed by atoms with Gasteiger partial charge >= 0.3 is 5.97 Å². The Morgan fingerprint density at radius 1 is 1.32 bits per heavy atom. The average molecular weight is 267 g/mol. The molecule has 2 rings (SSSR count). The Kier molecular flexibility index (Phi) is 3.63. The third-order valence-electron chi connectivity index (χ3n) is 5.39. The second-order valence-corrected chi connectivity index (χ2v) is 6.65. The zero-order valence-electron chi connectivity index (χ0n) is 12.3. The van der Waals surface area contributed by atoms with E-state index < -0.39 is 11.4 Å². The molecule has 1 saturated heterocycles. The monoisotopic (exact) mass is 267 g/mol. The largest absolute Gasteiger partial charge is 0.481 e. The van der Waals surface area contributed by atoms with Crippen molar-refractivity contribution in [2.75, 3.05) is 6.54 Å². The van der Waals surface area contributed by atoms with Crippen molar-refractivity contribution < 1.29 is 14.7 Å². The van der Waals surface area contributed by atoms with Crippen LogP contribution in [0.2, 0.25) is 0 Å². The van der Waals surface area contributed by atoms with Crippen LogP contribution in [-0.2, 0) is 9.59 Å². The topological polar surface area (TPSA) is 57.6 Å². The number of amides is 1. The lowest BCUT2D eigenvalue weighted by Crippen LogP contribution is -2.47. The molecule has 2 aliphatic rings. The fraction of sp³-hybridized carbons (Fsp3) is 0.867. The van der Waals surface area contributed by atoms with Crippen LogP contribution in [0.4, 0.5) is 0 Å². The summed E-state index contributed by atoms with van der Waals surface area (Å²) in [6.07, 6.45) is 2.70. The van der Waals surface area contributed by atoms with Gasteiger partial charge in [-0.3, -0.25) is 9.59 Å². The molecule has 0 aromatic rings.